The maximum Gasteiger partial charge on any atom is 0.262 e. The maximum atomic E-state index is 12.2. The number of benzene rings is 2. The monoisotopic (exact) mass is 352 g/mol. The minimum absolute atomic E-state index is 0.0588. The van der Waals surface area contributed by atoms with E-state index >= 15 is 0 Å². The fraction of sp³-hybridized carbons (Fsp3) is 0.333. The molecule has 0 aromatic heterocycles. The molecule has 0 bridgehead atoms. The molecule has 26 heavy (non-hydrogen) atoms. The van der Waals surface area contributed by atoms with Crippen LogP contribution in [0.3, 0.4) is 0 Å². The first kappa shape index (κ1) is 18.0. The van der Waals surface area contributed by atoms with Crippen molar-refractivity contribution in [3.63, 3.8) is 0 Å². The second-order valence-electron chi connectivity index (χ2n) is 6.61. The van der Waals surface area contributed by atoms with Gasteiger partial charge in [0.15, 0.2) is 6.61 Å². The Kier molecular flexibility index (Phi) is 5.56. The maximum absolute atomic E-state index is 12.2. The van der Waals surface area contributed by atoms with E-state index in [1.807, 2.05) is 61.2 Å². The van der Waals surface area contributed by atoms with Crippen LogP contribution in [-0.4, -0.2) is 25.0 Å². The smallest absolute Gasteiger partial charge is 0.262 e. The summed E-state index contributed by atoms with van der Waals surface area (Å²) in [5.74, 6) is 0.616. The van der Waals surface area contributed by atoms with E-state index < -0.39 is 0 Å². The van der Waals surface area contributed by atoms with Crippen molar-refractivity contribution in [2.24, 2.45) is 0 Å². The first-order valence-electron chi connectivity index (χ1n) is 8.94. The Morgan fingerprint density at radius 2 is 1.92 bits per heavy atom. The van der Waals surface area contributed by atoms with Gasteiger partial charge in [0.2, 0.25) is 5.91 Å². The van der Waals surface area contributed by atoms with Crippen LogP contribution in [0.5, 0.6) is 5.75 Å². The van der Waals surface area contributed by atoms with Crippen LogP contribution in [0.1, 0.15) is 30.4 Å². The lowest BCUT2D eigenvalue weighted by atomic mass is 10.1. The highest BCUT2D eigenvalue weighted by Gasteiger charge is 2.21. The zero-order valence-corrected chi connectivity index (χ0v) is 15.2. The van der Waals surface area contributed by atoms with Crippen LogP contribution in [0, 0.1) is 13.8 Å². The average Bonchev–Trinajstić information content (AvgIpc) is 2.63. The predicted octanol–water partition coefficient (Wildman–Crippen LogP) is 3.84. The number of carbonyl (C=O) groups is 2. The third-order valence-corrected chi connectivity index (χ3v) is 4.56. The van der Waals surface area contributed by atoms with Crippen LogP contribution in [0.2, 0.25) is 0 Å². The molecule has 0 radical (unpaired) electrons. The number of hydrogen-bond acceptors (Lipinski definition) is 3. The third kappa shape index (κ3) is 4.23. The molecule has 0 aliphatic carbocycles. The molecule has 5 heteroatoms. The van der Waals surface area contributed by atoms with Gasteiger partial charge in [-0.2, -0.15) is 0 Å². The van der Waals surface area contributed by atoms with E-state index in [1.165, 1.54) is 0 Å². The van der Waals surface area contributed by atoms with Crippen LogP contribution in [0.4, 0.5) is 11.4 Å². The summed E-state index contributed by atoms with van der Waals surface area (Å²) in [5, 5.41) is 2.85. The number of hydrogen-bond donors (Lipinski definition) is 1. The quantitative estimate of drug-likeness (QED) is 0.889. The molecule has 2 amide bonds. The normalized spacial score (nSPS) is 14.2. The highest BCUT2D eigenvalue weighted by Crippen LogP contribution is 2.27. The predicted molar refractivity (Wildman–Crippen MR) is 103 cm³/mol. The van der Waals surface area contributed by atoms with E-state index in [0.717, 1.165) is 36.2 Å². The molecule has 2 aromatic rings. The second-order valence-corrected chi connectivity index (χ2v) is 6.61. The summed E-state index contributed by atoms with van der Waals surface area (Å²) < 4.78 is 5.58. The van der Waals surface area contributed by atoms with E-state index in [9.17, 15) is 9.59 Å². The van der Waals surface area contributed by atoms with Gasteiger partial charge in [-0.05, 0) is 56.0 Å². The molecule has 1 N–H and O–H groups in total. The average molecular weight is 352 g/mol. The summed E-state index contributed by atoms with van der Waals surface area (Å²) in [6.45, 7) is 4.59. The van der Waals surface area contributed by atoms with Crippen molar-refractivity contribution in [3.8, 4) is 5.75 Å². The van der Waals surface area contributed by atoms with Gasteiger partial charge in [0.25, 0.3) is 5.91 Å². The minimum atomic E-state index is -0.229. The summed E-state index contributed by atoms with van der Waals surface area (Å²) in [7, 11) is 0. The highest BCUT2D eigenvalue weighted by molar-refractivity contribution is 5.97. The Hall–Kier alpha value is -2.82. The molecule has 1 aliphatic rings. The van der Waals surface area contributed by atoms with Gasteiger partial charge < -0.3 is 15.0 Å². The van der Waals surface area contributed by atoms with Crippen molar-refractivity contribution in [1.82, 2.24) is 0 Å². The summed E-state index contributed by atoms with van der Waals surface area (Å²) >= 11 is 0. The number of carbonyl (C=O) groups excluding carboxylic acids is 2. The molecule has 0 atom stereocenters. The Labute approximate surface area is 154 Å². The lowest BCUT2D eigenvalue weighted by Crippen LogP contribution is -2.35. The Morgan fingerprint density at radius 3 is 2.69 bits per heavy atom. The first-order valence-corrected chi connectivity index (χ1v) is 8.94. The Morgan fingerprint density at radius 1 is 1.12 bits per heavy atom. The molecule has 1 heterocycles. The zero-order chi connectivity index (χ0) is 18.5. The molecule has 136 valence electrons. The molecular weight excluding hydrogens is 328 g/mol. The van der Waals surface area contributed by atoms with Crippen LogP contribution >= 0.6 is 0 Å². The standard InChI is InChI=1S/C21H24N2O3/c1-15-10-11-17(13-18(15)23-12-6-5-9-21(23)25)22-20(24)14-26-19-8-4-3-7-16(19)2/h3-4,7-8,10-11,13H,5-6,9,12,14H2,1-2H3,(H,22,24). The van der Waals surface area contributed by atoms with Gasteiger partial charge in [-0.1, -0.05) is 24.3 Å². The van der Waals surface area contributed by atoms with Crippen LogP contribution in [-0.2, 0) is 9.59 Å². The summed E-state index contributed by atoms with van der Waals surface area (Å²) in [4.78, 5) is 26.2. The van der Waals surface area contributed by atoms with Crippen molar-refractivity contribution >= 4 is 23.2 Å². The number of aryl methyl sites for hydroxylation is 2. The van der Waals surface area contributed by atoms with Crippen molar-refractivity contribution in [3.05, 3.63) is 53.6 Å². The number of ether oxygens (including phenoxy) is 1. The SMILES string of the molecule is Cc1ccccc1OCC(=O)Nc1ccc(C)c(N2CCCCC2=O)c1. The van der Waals surface area contributed by atoms with E-state index in [-0.39, 0.29) is 18.4 Å². The van der Waals surface area contributed by atoms with Crippen LogP contribution in [0.25, 0.3) is 0 Å². The lowest BCUT2D eigenvalue weighted by molar-refractivity contribution is -0.119. The van der Waals surface area contributed by atoms with Gasteiger partial charge in [0.05, 0.1) is 0 Å². The molecule has 0 spiro atoms. The topological polar surface area (TPSA) is 58.6 Å². The van der Waals surface area contributed by atoms with Gasteiger partial charge in [-0.15, -0.1) is 0 Å². The Bertz CT molecular complexity index is 817. The fourth-order valence-electron chi connectivity index (χ4n) is 3.10. The molecule has 1 saturated heterocycles. The largest absolute Gasteiger partial charge is 0.483 e. The number of piperidine rings is 1. The van der Waals surface area contributed by atoms with Crippen LogP contribution < -0.4 is 15.0 Å². The number of rotatable bonds is 5. The molecule has 1 aliphatic heterocycles. The zero-order valence-electron chi connectivity index (χ0n) is 15.2. The van der Waals surface area contributed by atoms with Crippen molar-refractivity contribution in [2.45, 2.75) is 33.1 Å². The van der Waals surface area contributed by atoms with Crippen molar-refractivity contribution in [1.29, 1.82) is 0 Å². The van der Waals surface area contributed by atoms with Gasteiger partial charge in [-0.25, -0.2) is 0 Å². The lowest BCUT2D eigenvalue weighted by Gasteiger charge is -2.28. The second kappa shape index (κ2) is 8.04. The van der Waals surface area contributed by atoms with Gasteiger partial charge in [0.1, 0.15) is 5.75 Å². The Balaban J connectivity index is 1.66. The highest BCUT2D eigenvalue weighted by atomic mass is 16.5. The molecule has 0 unspecified atom stereocenters. The van der Waals surface area contributed by atoms with E-state index in [1.54, 1.807) is 0 Å². The van der Waals surface area contributed by atoms with Crippen LogP contribution in [0.15, 0.2) is 42.5 Å². The summed E-state index contributed by atoms with van der Waals surface area (Å²) in [6.07, 6.45) is 2.54. The van der Waals surface area contributed by atoms with Gasteiger partial charge >= 0.3 is 0 Å². The fourth-order valence-corrected chi connectivity index (χ4v) is 3.10. The minimum Gasteiger partial charge on any atom is -0.483 e. The molecule has 1 fully saturated rings. The number of amides is 2. The van der Waals surface area contributed by atoms with E-state index in [0.29, 0.717) is 17.9 Å². The van der Waals surface area contributed by atoms with Gasteiger partial charge in [0, 0.05) is 24.3 Å². The summed E-state index contributed by atoms with van der Waals surface area (Å²) in [5.41, 5.74) is 3.55. The number of para-hydroxylation sites is 1. The van der Waals surface area contributed by atoms with E-state index in [4.69, 9.17) is 4.74 Å². The number of nitrogens with zero attached hydrogens (tertiary/aromatic N) is 1. The van der Waals surface area contributed by atoms with E-state index in [2.05, 4.69) is 5.32 Å². The molecule has 0 saturated carbocycles. The summed E-state index contributed by atoms with van der Waals surface area (Å²) in [6, 6.07) is 13.2. The third-order valence-electron chi connectivity index (χ3n) is 4.56. The number of anilines is 2. The first-order chi connectivity index (χ1) is 12.5. The van der Waals surface area contributed by atoms with Crippen molar-refractivity contribution in [2.75, 3.05) is 23.4 Å². The van der Waals surface area contributed by atoms with Gasteiger partial charge in [-0.3, -0.25) is 9.59 Å². The molecule has 2 aromatic carbocycles. The number of nitrogens with one attached hydrogen (secondary N) is 1. The van der Waals surface area contributed by atoms with Crippen molar-refractivity contribution < 1.29 is 14.3 Å². The molecule has 5 nitrogen and oxygen atoms in total. The molecule has 3 rings (SSSR count). The molecular formula is C21H24N2O3.